The van der Waals surface area contributed by atoms with Gasteiger partial charge in [-0.25, -0.2) is 4.98 Å². The predicted octanol–water partition coefficient (Wildman–Crippen LogP) is 3.61. The molecule has 4 heteroatoms. The van der Waals surface area contributed by atoms with E-state index in [1.165, 1.54) is 48.1 Å². The summed E-state index contributed by atoms with van der Waals surface area (Å²) in [6, 6.07) is 0. The zero-order valence-corrected chi connectivity index (χ0v) is 13.8. The van der Waals surface area contributed by atoms with Crippen LogP contribution in [0.3, 0.4) is 0 Å². The maximum Gasteiger partial charge on any atom is 0.185 e. The summed E-state index contributed by atoms with van der Waals surface area (Å²) in [5.41, 5.74) is 1.40. The summed E-state index contributed by atoms with van der Waals surface area (Å²) < 4.78 is 0. The highest BCUT2D eigenvalue weighted by Crippen LogP contribution is 2.44. The minimum Gasteiger partial charge on any atom is -0.348 e. The van der Waals surface area contributed by atoms with Crippen LogP contribution in [0.1, 0.15) is 56.5 Å². The van der Waals surface area contributed by atoms with Gasteiger partial charge in [-0.3, -0.25) is 0 Å². The Bertz CT molecular complexity index is 443. The second-order valence-corrected chi connectivity index (χ2v) is 7.77. The SMILES string of the molecule is CCNCc1sc(N2CC(C)CC(C)C2)nc1C1CC1. The largest absolute Gasteiger partial charge is 0.348 e. The van der Waals surface area contributed by atoms with E-state index in [1.807, 2.05) is 11.3 Å². The Morgan fingerprint density at radius 1 is 1.25 bits per heavy atom. The Morgan fingerprint density at radius 2 is 1.95 bits per heavy atom. The van der Waals surface area contributed by atoms with Crippen LogP contribution in [-0.2, 0) is 6.54 Å². The van der Waals surface area contributed by atoms with Gasteiger partial charge in [0.1, 0.15) is 0 Å². The maximum absolute atomic E-state index is 5.02. The van der Waals surface area contributed by atoms with Gasteiger partial charge in [0.15, 0.2) is 5.13 Å². The summed E-state index contributed by atoms with van der Waals surface area (Å²) >= 11 is 1.93. The van der Waals surface area contributed by atoms with Crippen LogP contribution in [0.5, 0.6) is 0 Å². The molecule has 0 amide bonds. The van der Waals surface area contributed by atoms with Crippen LogP contribution in [0, 0.1) is 11.8 Å². The molecule has 2 heterocycles. The van der Waals surface area contributed by atoms with Crippen molar-refractivity contribution in [3.63, 3.8) is 0 Å². The van der Waals surface area contributed by atoms with Gasteiger partial charge in [-0.15, -0.1) is 11.3 Å². The summed E-state index contributed by atoms with van der Waals surface area (Å²) in [6.07, 6.45) is 4.05. The van der Waals surface area contributed by atoms with Crippen LogP contribution in [-0.4, -0.2) is 24.6 Å². The number of piperidine rings is 1. The number of hydrogen-bond donors (Lipinski definition) is 1. The molecule has 0 bridgehead atoms. The quantitative estimate of drug-likeness (QED) is 0.899. The van der Waals surface area contributed by atoms with E-state index >= 15 is 0 Å². The standard InChI is InChI=1S/C16H27N3S/c1-4-17-8-14-15(13-5-6-13)18-16(20-14)19-9-11(2)7-12(3)10-19/h11-13,17H,4-10H2,1-3H3. The average Bonchev–Trinajstić information content (AvgIpc) is 3.15. The third kappa shape index (κ3) is 3.17. The second-order valence-electron chi connectivity index (χ2n) is 6.71. The third-order valence-electron chi connectivity index (χ3n) is 4.36. The molecule has 1 aromatic heterocycles. The van der Waals surface area contributed by atoms with Gasteiger partial charge in [0.2, 0.25) is 0 Å². The normalized spacial score (nSPS) is 27.1. The van der Waals surface area contributed by atoms with Gasteiger partial charge in [-0.1, -0.05) is 20.8 Å². The summed E-state index contributed by atoms with van der Waals surface area (Å²) in [5.74, 6) is 2.35. The molecule has 2 fully saturated rings. The summed E-state index contributed by atoms with van der Waals surface area (Å²) in [6.45, 7) is 11.3. The van der Waals surface area contributed by atoms with Crippen LogP contribution >= 0.6 is 11.3 Å². The predicted molar refractivity (Wildman–Crippen MR) is 86.6 cm³/mol. The molecule has 2 atom stereocenters. The van der Waals surface area contributed by atoms with Gasteiger partial charge in [0.05, 0.1) is 5.69 Å². The fraction of sp³-hybridized carbons (Fsp3) is 0.812. The first-order valence-corrected chi connectivity index (χ1v) is 8.94. The number of aromatic nitrogens is 1. The fourth-order valence-electron chi connectivity index (χ4n) is 3.35. The van der Waals surface area contributed by atoms with Gasteiger partial charge in [0.25, 0.3) is 0 Å². The van der Waals surface area contributed by atoms with Gasteiger partial charge < -0.3 is 10.2 Å². The molecule has 3 rings (SSSR count). The molecule has 0 aromatic carbocycles. The topological polar surface area (TPSA) is 28.2 Å². The molecule has 112 valence electrons. The molecule has 1 aliphatic carbocycles. The van der Waals surface area contributed by atoms with Crippen molar-refractivity contribution in [2.45, 2.75) is 52.5 Å². The highest BCUT2D eigenvalue weighted by molar-refractivity contribution is 7.15. The first kappa shape index (κ1) is 14.3. The minimum absolute atomic E-state index is 0.758. The number of rotatable bonds is 5. The van der Waals surface area contributed by atoms with Crippen molar-refractivity contribution < 1.29 is 0 Å². The molecule has 1 aliphatic heterocycles. The van der Waals surface area contributed by atoms with Gasteiger partial charge in [-0.05, 0) is 37.6 Å². The molecule has 0 spiro atoms. The van der Waals surface area contributed by atoms with Crippen LogP contribution in [0.15, 0.2) is 0 Å². The maximum atomic E-state index is 5.02. The average molecular weight is 293 g/mol. The molecule has 0 radical (unpaired) electrons. The lowest BCUT2D eigenvalue weighted by atomic mass is 9.92. The molecular weight excluding hydrogens is 266 g/mol. The van der Waals surface area contributed by atoms with Gasteiger partial charge >= 0.3 is 0 Å². The molecule has 1 saturated heterocycles. The number of hydrogen-bond acceptors (Lipinski definition) is 4. The molecule has 1 N–H and O–H groups in total. The van der Waals surface area contributed by atoms with Crippen molar-refractivity contribution in [2.75, 3.05) is 24.5 Å². The molecule has 2 unspecified atom stereocenters. The number of nitrogens with zero attached hydrogens (tertiary/aromatic N) is 2. The zero-order chi connectivity index (χ0) is 14.1. The summed E-state index contributed by atoms with van der Waals surface area (Å²) in [5, 5.41) is 4.75. The molecule has 20 heavy (non-hydrogen) atoms. The molecule has 3 nitrogen and oxygen atoms in total. The highest BCUT2D eigenvalue weighted by atomic mass is 32.1. The Hall–Kier alpha value is -0.610. The first-order valence-electron chi connectivity index (χ1n) is 8.12. The van der Waals surface area contributed by atoms with Crippen molar-refractivity contribution >= 4 is 16.5 Å². The monoisotopic (exact) mass is 293 g/mol. The van der Waals surface area contributed by atoms with Crippen molar-refractivity contribution in [3.05, 3.63) is 10.6 Å². The fourth-order valence-corrected chi connectivity index (χ4v) is 4.48. The molecule has 1 saturated carbocycles. The van der Waals surface area contributed by atoms with E-state index in [1.54, 1.807) is 0 Å². The van der Waals surface area contributed by atoms with Gasteiger partial charge in [-0.2, -0.15) is 0 Å². The van der Waals surface area contributed by atoms with Crippen LogP contribution in [0.4, 0.5) is 5.13 Å². The first-order chi connectivity index (χ1) is 9.67. The van der Waals surface area contributed by atoms with E-state index in [-0.39, 0.29) is 0 Å². The minimum atomic E-state index is 0.758. The third-order valence-corrected chi connectivity index (χ3v) is 5.49. The van der Waals surface area contributed by atoms with Gasteiger partial charge in [0, 0.05) is 30.4 Å². The Balaban J connectivity index is 1.78. The Morgan fingerprint density at radius 3 is 2.55 bits per heavy atom. The lowest BCUT2D eigenvalue weighted by Crippen LogP contribution is -2.38. The van der Waals surface area contributed by atoms with Crippen molar-refractivity contribution in [1.29, 1.82) is 0 Å². The van der Waals surface area contributed by atoms with E-state index < -0.39 is 0 Å². The molecular formula is C16H27N3S. The highest BCUT2D eigenvalue weighted by Gasteiger charge is 2.31. The Kier molecular flexibility index (Phi) is 4.32. The second kappa shape index (κ2) is 6.02. The van der Waals surface area contributed by atoms with Crippen molar-refractivity contribution in [3.8, 4) is 0 Å². The molecule has 1 aromatic rings. The summed E-state index contributed by atoms with van der Waals surface area (Å²) in [7, 11) is 0. The van der Waals surface area contributed by atoms with E-state index in [0.29, 0.717) is 0 Å². The number of nitrogens with one attached hydrogen (secondary N) is 1. The van der Waals surface area contributed by atoms with E-state index in [2.05, 4.69) is 31.0 Å². The van der Waals surface area contributed by atoms with Crippen LogP contribution < -0.4 is 10.2 Å². The van der Waals surface area contributed by atoms with E-state index in [9.17, 15) is 0 Å². The zero-order valence-electron chi connectivity index (χ0n) is 13.0. The Labute approximate surface area is 126 Å². The van der Waals surface area contributed by atoms with Crippen LogP contribution in [0.2, 0.25) is 0 Å². The number of anilines is 1. The molecule has 2 aliphatic rings. The van der Waals surface area contributed by atoms with E-state index in [0.717, 1.165) is 30.8 Å². The summed E-state index contributed by atoms with van der Waals surface area (Å²) in [4.78, 5) is 9.04. The smallest absolute Gasteiger partial charge is 0.185 e. The van der Waals surface area contributed by atoms with E-state index in [4.69, 9.17) is 4.98 Å². The number of thiazole rings is 1. The lowest BCUT2D eigenvalue weighted by Gasteiger charge is -2.34. The lowest BCUT2D eigenvalue weighted by molar-refractivity contribution is 0.356. The van der Waals surface area contributed by atoms with Crippen molar-refractivity contribution in [1.82, 2.24) is 10.3 Å². The van der Waals surface area contributed by atoms with Crippen LogP contribution in [0.25, 0.3) is 0 Å². The van der Waals surface area contributed by atoms with Crippen molar-refractivity contribution in [2.24, 2.45) is 11.8 Å².